The van der Waals surface area contributed by atoms with Crippen LogP contribution in [-0.2, 0) is 14.6 Å². The van der Waals surface area contributed by atoms with Crippen LogP contribution in [0.15, 0.2) is 24.3 Å². The Bertz CT molecular complexity index is 592. The fourth-order valence-corrected chi connectivity index (χ4v) is 4.33. The molecule has 1 amide bonds. The van der Waals surface area contributed by atoms with Crippen LogP contribution >= 0.6 is 0 Å². The van der Waals surface area contributed by atoms with Gasteiger partial charge >= 0.3 is 0 Å². The molecular formula is C15H22N2O3S. The van der Waals surface area contributed by atoms with Crippen molar-refractivity contribution in [2.75, 3.05) is 34.8 Å². The number of rotatable bonds is 5. The van der Waals surface area contributed by atoms with E-state index in [9.17, 15) is 13.2 Å². The quantitative estimate of drug-likeness (QED) is 0.902. The summed E-state index contributed by atoms with van der Waals surface area (Å²) < 4.78 is 22.8. The van der Waals surface area contributed by atoms with Gasteiger partial charge in [0.15, 0.2) is 9.84 Å². The minimum absolute atomic E-state index is 0.0314. The minimum atomic E-state index is -3.03. The molecule has 1 saturated heterocycles. The van der Waals surface area contributed by atoms with Crippen LogP contribution in [0.25, 0.3) is 0 Å². The molecule has 0 spiro atoms. The number of nitrogens with zero attached hydrogens (tertiary/aromatic N) is 1. The highest BCUT2D eigenvalue weighted by Crippen LogP contribution is 2.22. The molecule has 0 saturated carbocycles. The Morgan fingerprint density at radius 2 is 1.86 bits per heavy atom. The molecule has 0 bridgehead atoms. The van der Waals surface area contributed by atoms with Crippen LogP contribution < -0.4 is 10.2 Å². The topological polar surface area (TPSA) is 66.5 Å². The number of hydrogen-bond donors (Lipinski definition) is 1. The first kappa shape index (κ1) is 15.8. The lowest BCUT2D eigenvalue weighted by Crippen LogP contribution is -2.24. The van der Waals surface area contributed by atoms with E-state index in [1.807, 2.05) is 24.3 Å². The average molecular weight is 310 g/mol. The van der Waals surface area contributed by atoms with Crippen LogP contribution in [0.4, 0.5) is 11.4 Å². The summed E-state index contributed by atoms with van der Waals surface area (Å²) in [5, 5.41) is 2.80. The zero-order valence-electron chi connectivity index (χ0n) is 12.5. The molecule has 6 heteroatoms. The molecule has 1 heterocycles. The summed E-state index contributed by atoms with van der Waals surface area (Å²) in [5.41, 5.74) is 1.82. The Labute approximate surface area is 126 Å². The summed E-state index contributed by atoms with van der Waals surface area (Å²) in [5.74, 6) is -0.536. The van der Waals surface area contributed by atoms with E-state index in [1.54, 1.807) is 0 Å². The van der Waals surface area contributed by atoms with Crippen LogP contribution in [0.2, 0.25) is 0 Å². The number of carbonyl (C=O) groups is 1. The third-order valence-electron chi connectivity index (χ3n) is 3.87. The van der Waals surface area contributed by atoms with Crippen LogP contribution in [0, 0.1) is 5.92 Å². The Kier molecular flexibility index (Phi) is 4.88. The van der Waals surface area contributed by atoms with Gasteiger partial charge in [0.1, 0.15) is 0 Å². The van der Waals surface area contributed by atoms with Gasteiger partial charge in [0.25, 0.3) is 0 Å². The molecule has 2 rings (SSSR count). The smallest absolute Gasteiger partial charge is 0.228 e. The zero-order valence-corrected chi connectivity index (χ0v) is 13.3. The summed E-state index contributed by atoms with van der Waals surface area (Å²) in [6.45, 7) is 6.06. The van der Waals surface area contributed by atoms with Gasteiger partial charge in [0.2, 0.25) is 5.91 Å². The molecule has 5 nitrogen and oxygen atoms in total. The number of amides is 1. The monoisotopic (exact) mass is 310 g/mol. The maximum atomic E-state index is 12.0. The lowest BCUT2D eigenvalue weighted by Gasteiger charge is -2.21. The lowest BCUT2D eigenvalue weighted by molar-refractivity contribution is -0.119. The van der Waals surface area contributed by atoms with Crippen LogP contribution in [0.3, 0.4) is 0 Å². The summed E-state index contributed by atoms with van der Waals surface area (Å²) in [6, 6.07) is 7.64. The van der Waals surface area contributed by atoms with Gasteiger partial charge in [0, 0.05) is 24.5 Å². The van der Waals surface area contributed by atoms with Crippen molar-refractivity contribution in [3.63, 3.8) is 0 Å². The molecule has 1 aromatic rings. The van der Waals surface area contributed by atoms with Crippen molar-refractivity contribution in [3.05, 3.63) is 24.3 Å². The molecule has 1 N–H and O–H groups in total. The molecule has 21 heavy (non-hydrogen) atoms. The van der Waals surface area contributed by atoms with E-state index in [0.717, 1.165) is 18.8 Å². The van der Waals surface area contributed by atoms with E-state index in [-0.39, 0.29) is 17.4 Å². The first-order valence-corrected chi connectivity index (χ1v) is 9.13. The second kappa shape index (κ2) is 6.47. The number of benzene rings is 1. The van der Waals surface area contributed by atoms with Crippen molar-refractivity contribution in [1.82, 2.24) is 0 Å². The van der Waals surface area contributed by atoms with Crippen molar-refractivity contribution < 1.29 is 13.2 Å². The molecule has 0 aliphatic carbocycles. The lowest BCUT2D eigenvalue weighted by atomic mass is 10.1. The van der Waals surface area contributed by atoms with Gasteiger partial charge in [-0.25, -0.2) is 8.42 Å². The van der Waals surface area contributed by atoms with Crippen molar-refractivity contribution in [2.24, 2.45) is 5.92 Å². The van der Waals surface area contributed by atoms with Crippen LogP contribution in [-0.4, -0.2) is 38.9 Å². The van der Waals surface area contributed by atoms with Gasteiger partial charge in [0.05, 0.1) is 17.4 Å². The van der Waals surface area contributed by atoms with Gasteiger partial charge in [-0.05, 0) is 44.5 Å². The number of anilines is 2. The third kappa shape index (κ3) is 3.97. The van der Waals surface area contributed by atoms with E-state index < -0.39 is 15.8 Å². The van der Waals surface area contributed by atoms with Crippen LogP contribution in [0.1, 0.15) is 20.3 Å². The van der Waals surface area contributed by atoms with Crippen molar-refractivity contribution in [1.29, 1.82) is 0 Å². The number of sulfone groups is 1. The van der Waals surface area contributed by atoms with Crippen LogP contribution in [0.5, 0.6) is 0 Å². The fourth-order valence-electron chi connectivity index (χ4n) is 2.59. The largest absolute Gasteiger partial charge is 0.372 e. The Hall–Kier alpha value is -1.56. The number of nitrogens with one attached hydrogen (secondary N) is 1. The maximum absolute atomic E-state index is 12.0. The highest BCUT2D eigenvalue weighted by Gasteiger charge is 2.32. The minimum Gasteiger partial charge on any atom is -0.372 e. The molecule has 1 aromatic carbocycles. The molecule has 1 unspecified atom stereocenters. The first-order chi connectivity index (χ1) is 9.95. The van der Waals surface area contributed by atoms with E-state index in [2.05, 4.69) is 24.1 Å². The van der Waals surface area contributed by atoms with Gasteiger partial charge in [-0.1, -0.05) is 0 Å². The summed E-state index contributed by atoms with van der Waals surface area (Å²) >= 11 is 0. The number of hydrogen-bond acceptors (Lipinski definition) is 4. The zero-order chi connectivity index (χ0) is 15.5. The standard InChI is InChI=1S/C15H22N2O3S/c1-3-17(4-2)14-7-5-13(6-8-14)16-15(18)12-9-10-21(19,20)11-12/h5-8,12H,3-4,9-11H2,1-2H3,(H,16,18). The van der Waals surface area contributed by atoms with Crippen molar-refractivity contribution in [3.8, 4) is 0 Å². The molecule has 0 aromatic heterocycles. The second-order valence-corrected chi connectivity index (χ2v) is 7.54. The van der Waals surface area contributed by atoms with E-state index in [1.165, 1.54) is 0 Å². The predicted molar refractivity (Wildman–Crippen MR) is 85.4 cm³/mol. The molecule has 1 atom stereocenters. The molecule has 1 aliphatic heterocycles. The molecule has 1 fully saturated rings. The molecule has 0 radical (unpaired) electrons. The average Bonchev–Trinajstić information content (AvgIpc) is 2.82. The SMILES string of the molecule is CCN(CC)c1ccc(NC(=O)C2CCS(=O)(=O)C2)cc1. The van der Waals surface area contributed by atoms with Gasteiger partial charge in [-0.15, -0.1) is 0 Å². The Morgan fingerprint density at radius 3 is 2.33 bits per heavy atom. The maximum Gasteiger partial charge on any atom is 0.228 e. The van der Waals surface area contributed by atoms with Gasteiger partial charge in [-0.2, -0.15) is 0 Å². The number of carbonyl (C=O) groups excluding carboxylic acids is 1. The van der Waals surface area contributed by atoms with Crippen molar-refractivity contribution in [2.45, 2.75) is 20.3 Å². The fraction of sp³-hybridized carbons (Fsp3) is 0.533. The van der Waals surface area contributed by atoms with Gasteiger partial charge in [-0.3, -0.25) is 4.79 Å². The summed E-state index contributed by atoms with van der Waals surface area (Å²) in [4.78, 5) is 14.3. The molecule has 116 valence electrons. The highest BCUT2D eigenvalue weighted by atomic mass is 32.2. The first-order valence-electron chi connectivity index (χ1n) is 7.31. The summed E-state index contributed by atoms with van der Waals surface area (Å²) in [7, 11) is -3.03. The van der Waals surface area contributed by atoms with E-state index in [4.69, 9.17) is 0 Å². The Morgan fingerprint density at radius 1 is 1.24 bits per heavy atom. The Balaban J connectivity index is 1.99. The normalized spacial score (nSPS) is 20.2. The molecule has 1 aliphatic rings. The highest BCUT2D eigenvalue weighted by molar-refractivity contribution is 7.91. The third-order valence-corrected chi connectivity index (χ3v) is 5.63. The van der Waals surface area contributed by atoms with Crippen molar-refractivity contribution >= 4 is 27.1 Å². The molecular weight excluding hydrogens is 288 g/mol. The van der Waals surface area contributed by atoms with E-state index in [0.29, 0.717) is 12.1 Å². The summed E-state index contributed by atoms with van der Waals surface area (Å²) in [6.07, 6.45) is 0.422. The predicted octanol–water partition coefficient (Wildman–Crippen LogP) is 1.91. The second-order valence-electron chi connectivity index (χ2n) is 5.31. The van der Waals surface area contributed by atoms with Gasteiger partial charge < -0.3 is 10.2 Å². The van der Waals surface area contributed by atoms with E-state index >= 15 is 0 Å².